The van der Waals surface area contributed by atoms with Crippen LogP contribution in [0.15, 0.2) is 52.8 Å². The molecule has 0 bridgehead atoms. The number of rotatable bonds is 13. The molecule has 2 atom stereocenters. The maximum atomic E-state index is 13.7. The van der Waals surface area contributed by atoms with Gasteiger partial charge in [-0.1, -0.05) is 24.5 Å². The van der Waals surface area contributed by atoms with Crippen LogP contribution in [-0.2, 0) is 4.79 Å². The van der Waals surface area contributed by atoms with E-state index in [0.29, 0.717) is 71.7 Å². The molecule has 2 aromatic carbocycles. The summed E-state index contributed by atoms with van der Waals surface area (Å²) in [6.45, 7) is 7.44. The minimum absolute atomic E-state index is 0.0716. The van der Waals surface area contributed by atoms with Gasteiger partial charge in [0, 0.05) is 37.3 Å². The van der Waals surface area contributed by atoms with Crippen LogP contribution in [0.2, 0.25) is 0 Å². The maximum absolute atomic E-state index is 13.7. The van der Waals surface area contributed by atoms with Crippen molar-refractivity contribution in [1.82, 2.24) is 9.80 Å². The zero-order valence-electron chi connectivity index (χ0n) is 28.4. The molecule has 0 saturated heterocycles. The van der Waals surface area contributed by atoms with Crippen LogP contribution in [0.3, 0.4) is 0 Å². The van der Waals surface area contributed by atoms with E-state index in [9.17, 15) is 14.4 Å². The van der Waals surface area contributed by atoms with E-state index in [-0.39, 0.29) is 23.8 Å². The molecule has 0 aliphatic carbocycles. The number of carbonyl (C=O) groups is 3. The summed E-state index contributed by atoms with van der Waals surface area (Å²) < 4.78 is 23.5. The molecule has 11 nitrogen and oxygen atoms in total. The van der Waals surface area contributed by atoms with Crippen molar-refractivity contribution in [3.63, 3.8) is 0 Å². The number of aliphatic imine (C=N–C) groups is 1. The largest absolute Gasteiger partial charge is 0.493 e. The minimum Gasteiger partial charge on any atom is -0.493 e. The number of unbranched alkanes of at least 4 members (excludes halogenated alkanes) is 3. The molecular weight excluding hydrogens is 612 g/mol. The first kappa shape index (κ1) is 33.1. The Balaban J connectivity index is 1.07. The molecule has 0 fully saturated rings. The Bertz CT molecular complexity index is 1700. The van der Waals surface area contributed by atoms with Gasteiger partial charge in [0.1, 0.15) is 6.04 Å². The summed E-state index contributed by atoms with van der Waals surface area (Å²) in [6.07, 6.45) is 10.9. The molecule has 0 N–H and O–H groups in total. The third kappa shape index (κ3) is 6.37. The highest BCUT2D eigenvalue weighted by Gasteiger charge is 2.42. The summed E-state index contributed by atoms with van der Waals surface area (Å²) in [5.74, 6) is 1.61. The Morgan fingerprint density at radius 2 is 1.38 bits per heavy atom. The fraction of sp³-hybridized carbons (Fsp3) is 0.459. The first-order chi connectivity index (χ1) is 23.2. The van der Waals surface area contributed by atoms with E-state index in [1.165, 1.54) is 0 Å². The smallest absolute Gasteiger partial charge is 0.260 e. The molecule has 3 amide bonds. The van der Waals surface area contributed by atoms with E-state index in [1.54, 1.807) is 59.4 Å². The predicted octanol–water partition coefficient (Wildman–Crippen LogP) is 6.43. The van der Waals surface area contributed by atoms with Gasteiger partial charge >= 0.3 is 0 Å². The first-order valence-corrected chi connectivity index (χ1v) is 16.8. The molecule has 2 aromatic rings. The summed E-state index contributed by atoms with van der Waals surface area (Å²) in [6, 6.07) is 6.36. The molecule has 6 rings (SSSR count). The van der Waals surface area contributed by atoms with Crippen LogP contribution in [0.25, 0.3) is 0 Å². The first-order valence-electron chi connectivity index (χ1n) is 16.8. The van der Waals surface area contributed by atoms with Gasteiger partial charge in [-0.25, -0.2) is 0 Å². The number of ether oxygens (including phenoxy) is 4. The highest BCUT2D eigenvalue weighted by Crippen LogP contribution is 2.41. The minimum atomic E-state index is -0.528. The Kier molecular flexibility index (Phi) is 9.75. The topological polar surface area (TPSA) is 110 Å². The SMILES string of the molecule is CCCCN1C(=O)C2CC(C)=CN2C(=O)c2cc(OC)c(OCCCCCOc3cc4c(cc3OC)C(=O)N3C=C(C)CC3C=N4)cc21. The van der Waals surface area contributed by atoms with Crippen LogP contribution in [0, 0.1) is 0 Å². The fourth-order valence-electron chi connectivity index (χ4n) is 6.69. The highest BCUT2D eigenvalue weighted by atomic mass is 16.5. The molecule has 48 heavy (non-hydrogen) atoms. The van der Waals surface area contributed by atoms with Crippen molar-refractivity contribution in [2.75, 3.05) is 38.9 Å². The van der Waals surface area contributed by atoms with Crippen molar-refractivity contribution in [2.24, 2.45) is 4.99 Å². The number of hydrogen-bond acceptors (Lipinski definition) is 8. The normalized spacial score (nSPS) is 19.6. The number of fused-ring (bicyclic) bond motifs is 4. The van der Waals surface area contributed by atoms with Crippen molar-refractivity contribution in [3.8, 4) is 23.0 Å². The quantitative estimate of drug-likeness (QED) is 0.229. The summed E-state index contributed by atoms with van der Waals surface area (Å²) in [7, 11) is 3.11. The van der Waals surface area contributed by atoms with Crippen molar-refractivity contribution in [1.29, 1.82) is 0 Å². The number of benzene rings is 2. The molecule has 0 spiro atoms. The lowest BCUT2D eigenvalue weighted by molar-refractivity contribution is -0.121. The predicted molar refractivity (Wildman–Crippen MR) is 183 cm³/mol. The van der Waals surface area contributed by atoms with E-state index < -0.39 is 6.04 Å². The Morgan fingerprint density at radius 3 is 2.06 bits per heavy atom. The average molecular weight is 657 g/mol. The van der Waals surface area contributed by atoms with Gasteiger partial charge in [-0.15, -0.1) is 0 Å². The molecule has 0 radical (unpaired) electrons. The zero-order chi connectivity index (χ0) is 33.9. The summed E-state index contributed by atoms with van der Waals surface area (Å²) in [5, 5.41) is 0. The van der Waals surface area contributed by atoms with Crippen LogP contribution in [0.4, 0.5) is 11.4 Å². The van der Waals surface area contributed by atoms with Crippen molar-refractivity contribution >= 4 is 35.3 Å². The molecule has 0 aromatic heterocycles. The Morgan fingerprint density at radius 1 is 0.750 bits per heavy atom. The number of nitrogens with zero attached hydrogens (tertiary/aromatic N) is 4. The van der Waals surface area contributed by atoms with E-state index in [1.807, 2.05) is 26.3 Å². The second-order valence-corrected chi connectivity index (χ2v) is 12.8. The second kappa shape index (κ2) is 14.1. The molecule has 4 heterocycles. The van der Waals surface area contributed by atoms with Gasteiger partial charge < -0.3 is 33.6 Å². The van der Waals surface area contributed by atoms with Gasteiger partial charge in [0.25, 0.3) is 17.7 Å². The van der Waals surface area contributed by atoms with Gasteiger partial charge in [-0.3, -0.25) is 19.4 Å². The second-order valence-electron chi connectivity index (χ2n) is 12.8. The van der Waals surface area contributed by atoms with Gasteiger partial charge in [0.2, 0.25) is 0 Å². The maximum Gasteiger partial charge on any atom is 0.260 e. The van der Waals surface area contributed by atoms with Crippen molar-refractivity contribution in [3.05, 3.63) is 58.9 Å². The molecule has 11 heteroatoms. The summed E-state index contributed by atoms with van der Waals surface area (Å²) in [4.78, 5) is 50.2. The standard InChI is InChI=1S/C37H44N4O7/c1-6-7-11-39-29-19-34(32(46-5)17-27(29)36(43)41-22-24(3)15-30(41)37(39)44)48-13-10-8-9-12-47-33-18-28-26(16-31(33)45-4)35(42)40-21-23(2)14-25(40)20-38-28/h16-22,25,30H,6-15H2,1-5H3. The van der Waals surface area contributed by atoms with Gasteiger partial charge in [-0.2, -0.15) is 0 Å². The number of hydrogen-bond donors (Lipinski definition) is 0. The van der Waals surface area contributed by atoms with E-state index in [4.69, 9.17) is 18.9 Å². The molecule has 254 valence electrons. The van der Waals surface area contributed by atoms with Gasteiger partial charge in [-0.05, 0) is 64.5 Å². The van der Waals surface area contributed by atoms with E-state index in [0.717, 1.165) is 49.7 Å². The zero-order valence-corrected chi connectivity index (χ0v) is 28.4. The lowest BCUT2D eigenvalue weighted by Gasteiger charge is -2.26. The fourth-order valence-corrected chi connectivity index (χ4v) is 6.69. The summed E-state index contributed by atoms with van der Waals surface area (Å²) in [5.41, 5.74) is 4.22. The molecule has 0 saturated carbocycles. The molecule has 4 aliphatic heterocycles. The number of methoxy groups -OCH3 is 2. The lowest BCUT2D eigenvalue weighted by Crippen LogP contribution is -2.44. The number of amides is 3. The van der Waals surface area contributed by atoms with Crippen molar-refractivity contribution in [2.45, 2.75) is 77.8 Å². The van der Waals surface area contributed by atoms with Gasteiger partial charge in [0.15, 0.2) is 23.0 Å². The molecule has 4 aliphatic rings. The van der Waals surface area contributed by atoms with Crippen LogP contribution in [0.1, 0.15) is 86.4 Å². The van der Waals surface area contributed by atoms with Crippen LogP contribution in [-0.4, -0.2) is 79.8 Å². The number of carbonyl (C=O) groups excluding carboxylic acids is 3. The molecule has 2 unspecified atom stereocenters. The summed E-state index contributed by atoms with van der Waals surface area (Å²) >= 11 is 0. The molecular formula is C37H44N4O7. The highest BCUT2D eigenvalue weighted by molar-refractivity contribution is 6.12. The Hall–Kier alpha value is -4.80. The van der Waals surface area contributed by atoms with Gasteiger partial charge in [0.05, 0.1) is 56.0 Å². The number of anilines is 1. The van der Waals surface area contributed by atoms with Crippen LogP contribution < -0.4 is 23.8 Å². The van der Waals surface area contributed by atoms with E-state index in [2.05, 4.69) is 11.9 Å². The van der Waals surface area contributed by atoms with Crippen LogP contribution in [0.5, 0.6) is 23.0 Å². The Labute approximate surface area is 281 Å². The third-order valence-electron chi connectivity index (χ3n) is 9.22. The average Bonchev–Trinajstić information content (AvgIpc) is 3.62. The lowest BCUT2D eigenvalue weighted by atomic mass is 10.1. The van der Waals surface area contributed by atoms with E-state index >= 15 is 0 Å². The third-order valence-corrected chi connectivity index (χ3v) is 9.22. The monoisotopic (exact) mass is 656 g/mol. The van der Waals surface area contributed by atoms with Crippen molar-refractivity contribution < 1.29 is 33.3 Å². The van der Waals surface area contributed by atoms with Crippen LogP contribution >= 0.6 is 0 Å².